The zero-order valence-corrected chi connectivity index (χ0v) is 20.6. The second-order valence-electron chi connectivity index (χ2n) is 8.01. The highest BCUT2D eigenvalue weighted by Gasteiger charge is 2.32. The minimum atomic E-state index is -0.618. The van der Waals surface area contributed by atoms with Crippen LogP contribution in [0.4, 0.5) is 0 Å². The van der Waals surface area contributed by atoms with Crippen LogP contribution in [0, 0.1) is 12.3 Å². The lowest BCUT2D eigenvalue weighted by Crippen LogP contribution is -2.49. The fraction of sp³-hybridized carbons (Fsp3) is 0.292. The molecule has 170 valence electrons. The fourth-order valence-corrected chi connectivity index (χ4v) is 5.04. The first-order chi connectivity index (χ1) is 15.8. The molecule has 1 aliphatic rings. The smallest absolute Gasteiger partial charge is 0.244 e. The monoisotopic (exact) mass is 520 g/mol. The van der Waals surface area contributed by atoms with Gasteiger partial charge in [-0.15, -0.1) is 6.42 Å². The largest absolute Gasteiger partial charge is 0.338 e. The minimum Gasteiger partial charge on any atom is -0.338 e. The van der Waals surface area contributed by atoms with Crippen molar-refractivity contribution < 1.29 is 4.79 Å². The molecule has 1 aliphatic carbocycles. The van der Waals surface area contributed by atoms with Gasteiger partial charge in [-0.25, -0.2) is 0 Å². The molecule has 1 fully saturated rings. The number of carbonyl (C=O) groups excluding carboxylic acids is 1. The van der Waals surface area contributed by atoms with Gasteiger partial charge in [0, 0.05) is 21.2 Å². The van der Waals surface area contributed by atoms with E-state index >= 15 is 0 Å². The van der Waals surface area contributed by atoms with Crippen LogP contribution in [0.2, 0.25) is 20.1 Å². The first-order valence-corrected chi connectivity index (χ1v) is 12.0. The Kier molecular flexibility index (Phi) is 7.21. The van der Waals surface area contributed by atoms with Gasteiger partial charge >= 0.3 is 0 Å². The van der Waals surface area contributed by atoms with Crippen LogP contribution in [0.25, 0.3) is 22.5 Å². The number of hydrogen-bond donors (Lipinski definition) is 1. The van der Waals surface area contributed by atoms with Crippen molar-refractivity contribution in [3.05, 3.63) is 56.5 Å². The van der Waals surface area contributed by atoms with E-state index < -0.39 is 5.54 Å². The number of terminal acetylenes is 1. The predicted molar refractivity (Wildman–Crippen MR) is 134 cm³/mol. The average Bonchev–Trinajstić information content (AvgIpc) is 3.17. The van der Waals surface area contributed by atoms with Crippen LogP contribution < -0.4 is 5.32 Å². The van der Waals surface area contributed by atoms with Crippen LogP contribution in [0.3, 0.4) is 0 Å². The molecule has 0 bridgehead atoms. The Morgan fingerprint density at radius 2 is 1.45 bits per heavy atom. The molecule has 0 radical (unpaired) electrons. The summed E-state index contributed by atoms with van der Waals surface area (Å²) in [4.78, 5) is 14.2. The topological polar surface area (TPSA) is 59.8 Å². The average molecular weight is 522 g/mol. The highest BCUT2D eigenvalue weighted by molar-refractivity contribution is 6.37. The minimum absolute atomic E-state index is 0.104. The Morgan fingerprint density at radius 3 is 1.91 bits per heavy atom. The van der Waals surface area contributed by atoms with E-state index in [-0.39, 0.29) is 12.5 Å². The quantitative estimate of drug-likeness (QED) is 0.381. The number of benzene rings is 2. The molecule has 1 saturated carbocycles. The molecule has 0 saturated heterocycles. The standard InChI is InChI=1S/C24H20Cl4N4O/c1-2-24(10-4-3-5-11-24)29-21(33)14-32-30-22(17-8-6-15(25)12-19(17)27)23(31-32)18-9-7-16(26)13-20(18)28/h1,6-9,12-13H,3-5,10-11,14H2,(H,29,33). The van der Waals surface area contributed by atoms with Crippen molar-refractivity contribution in [2.24, 2.45) is 0 Å². The predicted octanol–water partition coefficient (Wildman–Crippen LogP) is 6.68. The molecular formula is C24H20Cl4N4O. The summed E-state index contributed by atoms with van der Waals surface area (Å²) in [6.45, 7) is -0.104. The van der Waals surface area contributed by atoms with E-state index in [1.165, 1.54) is 4.80 Å². The third-order valence-corrected chi connectivity index (χ3v) is 6.77. The van der Waals surface area contributed by atoms with Gasteiger partial charge in [-0.1, -0.05) is 71.6 Å². The molecule has 4 rings (SSSR count). The van der Waals surface area contributed by atoms with Crippen molar-refractivity contribution in [1.82, 2.24) is 20.3 Å². The van der Waals surface area contributed by atoms with Crippen LogP contribution in [0.5, 0.6) is 0 Å². The number of nitrogens with one attached hydrogen (secondary N) is 1. The van der Waals surface area contributed by atoms with E-state index in [1.54, 1.807) is 36.4 Å². The molecule has 1 amide bonds. The Labute approximate surface area is 212 Å². The first-order valence-electron chi connectivity index (χ1n) is 10.4. The normalized spacial score (nSPS) is 15.1. The summed E-state index contributed by atoms with van der Waals surface area (Å²) in [5, 5.41) is 13.9. The number of amides is 1. The molecule has 0 spiro atoms. The second-order valence-corrected chi connectivity index (χ2v) is 9.70. The number of hydrogen-bond acceptors (Lipinski definition) is 3. The third-order valence-electron chi connectivity index (χ3n) is 5.67. The fourth-order valence-electron chi connectivity index (χ4n) is 4.04. The van der Waals surface area contributed by atoms with Gasteiger partial charge < -0.3 is 5.32 Å². The molecule has 0 atom stereocenters. The van der Waals surface area contributed by atoms with E-state index in [2.05, 4.69) is 21.4 Å². The molecule has 1 heterocycles. The molecule has 0 unspecified atom stereocenters. The van der Waals surface area contributed by atoms with E-state index in [0.29, 0.717) is 42.6 Å². The molecule has 33 heavy (non-hydrogen) atoms. The van der Waals surface area contributed by atoms with E-state index in [0.717, 1.165) is 32.1 Å². The summed E-state index contributed by atoms with van der Waals surface area (Å²) < 4.78 is 0. The number of nitrogens with zero attached hydrogens (tertiary/aromatic N) is 3. The third kappa shape index (κ3) is 5.31. The van der Waals surface area contributed by atoms with Gasteiger partial charge in [-0.2, -0.15) is 15.0 Å². The first kappa shape index (κ1) is 23.9. The Balaban J connectivity index is 1.70. The lowest BCUT2D eigenvalue weighted by molar-refractivity contribution is -0.123. The number of rotatable bonds is 5. The molecule has 1 N–H and O–H groups in total. The van der Waals surface area contributed by atoms with Gasteiger partial charge in [-0.05, 0) is 49.2 Å². The lowest BCUT2D eigenvalue weighted by atomic mass is 9.82. The van der Waals surface area contributed by atoms with Crippen LogP contribution >= 0.6 is 46.4 Å². The van der Waals surface area contributed by atoms with Gasteiger partial charge in [0.15, 0.2) is 0 Å². The molecule has 9 heteroatoms. The summed E-state index contributed by atoms with van der Waals surface area (Å²) in [7, 11) is 0. The number of halogens is 4. The van der Waals surface area contributed by atoms with Gasteiger partial charge in [0.05, 0.1) is 10.0 Å². The molecule has 0 aliphatic heterocycles. The van der Waals surface area contributed by atoms with Crippen LogP contribution in [-0.4, -0.2) is 26.4 Å². The molecule has 1 aromatic heterocycles. The van der Waals surface area contributed by atoms with Crippen molar-refractivity contribution in [2.75, 3.05) is 0 Å². The second kappa shape index (κ2) is 9.95. The van der Waals surface area contributed by atoms with Crippen molar-refractivity contribution in [3.8, 4) is 34.9 Å². The Morgan fingerprint density at radius 1 is 0.939 bits per heavy atom. The van der Waals surface area contributed by atoms with Crippen molar-refractivity contribution in [2.45, 2.75) is 44.2 Å². The highest BCUT2D eigenvalue weighted by atomic mass is 35.5. The summed E-state index contributed by atoms with van der Waals surface area (Å²) in [6.07, 6.45) is 10.4. The number of carbonyl (C=O) groups is 1. The maximum absolute atomic E-state index is 12.9. The summed E-state index contributed by atoms with van der Waals surface area (Å²) in [6, 6.07) is 10.2. The molecule has 5 nitrogen and oxygen atoms in total. The summed E-state index contributed by atoms with van der Waals surface area (Å²) >= 11 is 25.0. The van der Waals surface area contributed by atoms with Crippen LogP contribution in [0.15, 0.2) is 36.4 Å². The Bertz CT molecular complexity index is 1170. The molecule has 3 aromatic rings. The maximum atomic E-state index is 12.9. The van der Waals surface area contributed by atoms with Crippen LogP contribution in [0.1, 0.15) is 32.1 Å². The van der Waals surface area contributed by atoms with Crippen molar-refractivity contribution >= 4 is 52.3 Å². The van der Waals surface area contributed by atoms with Gasteiger partial charge in [0.25, 0.3) is 0 Å². The van der Waals surface area contributed by atoms with E-state index in [9.17, 15) is 4.79 Å². The van der Waals surface area contributed by atoms with Crippen LogP contribution in [-0.2, 0) is 11.3 Å². The number of aromatic nitrogens is 3. The zero-order valence-electron chi connectivity index (χ0n) is 17.5. The maximum Gasteiger partial charge on any atom is 0.244 e. The van der Waals surface area contributed by atoms with E-state index in [4.69, 9.17) is 52.8 Å². The zero-order chi connectivity index (χ0) is 23.6. The van der Waals surface area contributed by atoms with Crippen molar-refractivity contribution in [1.29, 1.82) is 0 Å². The molecule has 2 aromatic carbocycles. The lowest BCUT2D eigenvalue weighted by Gasteiger charge is -2.33. The summed E-state index contributed by atoms with van der Waals surface area (Å²) in [5.41, 5.74) is 1.55. The van der Waals surface area contributed by atoms with Gasteiger partial charge in [0.1, 0.15) is 23.5 Å². The summed E-state index contributed by atoms with van der Waals surface area (Å²) in [5.74, 6) is 2.53. The van der Waals surface area contributed by atoms with E-state index in [1.807, 2.05) is 0 Å². The van der Waals surface area contributed by atoms with Crippen molar-refractivity contribution in [3.63, 3.8) is 0 Å². The van der Waals surface area contributed by atoms with Gasteiger partial charge in [0.2, 0.25) is 5.91 Å². The SMILES string of the molecule is C#CC1(NC(=O)Cn2nc(-c3ccc(Cl)cc3Cl)c(-c3ccc(Cl)cc3Cl)n2)CCCCC1. The van der Waals surface area contributed by atoms with Gasteiger partial charge in [-0.3, -0.25) is 4.79 Å². The Hall–Kier alpha value is -2.23. The highest BCUT2D eigenvalue weighted by Crippen LogP contribution is 2.38. The molecular weight excluding hydrogens is 502 g/mol.